The van der Waals surface area contributed by atoms with Crippen LogP contribution in [0.5, 0.6) is 0 Å². The Morgan fingerprint density at radius 2 is 1.30 bits per heavy atom. The number of H-pyrrole nitrogens is 1. The fourth-order valence-corrected chi connectivity index (χ4v) is 7.15. The zero-order valence-corrected chi connectivity index (χ0v) is 34.2. The number of hydrogen-bond acceptors (Lipinski definition) is 10. The molecule has 0 spiro atoms. The van der Waals surface area contributed by atoms with Gasteiger partial charge in [0, 0.05) is 29.9 Å². The summed E-state index contributed by atoms with van der Waals surface area (Å²) >= 11 is 0. The zero-order chi connectivity index (χ0) is 43.6. The molecular formula is C45H55N9O6. The highest BCUT2D eigenvalue weighted by Gasteiger charge is 2.47. The third kappa shape index (κ3) is 10.5. The molecule has 6 amide bonds. The molecule has 0 fully saturated rings. The van der Waals surface area contributed by atoms with Crippen LogP contribution in [0.15, 0.2) is 103 Å². The molecule has 0 aliphatic heterocycles. The number of nitrogens with one attached hydrogen (secondary N) is 4. The topological polar surface area (TPSA) is 262 Å². The summed E-state index contributed by atoms with van der Waals surface area (Å²) in [6.45, 7) is 4.59. The number of amides is 6. The first kappa shape index (κ1) is 44.8. The molecule has 0 saturated carbocycles. The summed E-state index contributed by atoms with van der Waals surface area (Å²) in [7, 11) is 0. The van der Waals surface area contributed by atoms with Gasteiger partial charge in [-0.05, 0) is 80.1 Å². The van der Waals surface area contributed by atoms with Crippen molar-refractivity contribution in [2.75, 3.05) is 6.54 Å². The highest BCUT2D eigenvalue weighted by atomic mass is 16.2. The van der Waals surface area contributed by atoms with Gasteiger partial charge in [-0.15, -0.1) is 0 Å². The quantitative estimate of drug-likeness (QED) is 0.0598. The highest BCUT2D eigenvalue weighted by Crippen LogP contribution is 2.33. The summed E-state index contributed by atoms with van der Waals surface area (Å²) in [6, 6.07) is 22.6. The van der Waals surface area contributed by atoms with E-state index in [9.17, 15) is 19.2 Å². The van der Waals surface area contributed by atoms with E-state index in [0.717, 1.165) is 16.3 Å². The van der Waals surface area contributed by atoms with Crippen LogP contribution in [0.4, 0.5) is 0 Å². The van der Waals surface area contributed by atoms with E-state index < -0.39 is 71.2 Å². The number of para-hydroxylation sites is 1. The molecule has 5 aromatic rings. The first-order valence-corrected chi connectivity index (χ1v) is 20.1. The maximum absolute atomic E-state index is 15.1. The van der Waals surface area contributed by atoms with E-state index in [-0.39, 0.29) is 19.3 Å². The third-order valence-corrected chi connectivity index (χ3v) is 10.5. The van der Waals surface area contributed by atoms with Gasteiger partial charge in [-0.1, -0.05) is 91.0 Å². The molecule has 0 unspecified atom stereocenters. The second-order valence-corrected chi connectivity index (χ2v) is 15.2. The molecular weight excluding hydrogens is 763 g/mol. The average molecular weight is 818 g/mol. The Kier molecular flexibility index (Phi) is 15.0. The first-order valence-electron chi connectivity index (χ1n) is 20.1. The Balaban J connectivity index is 1.57. The number of aromatic amines is 1. The number of benzene rings is 4. The number of aromatic nitrogens is 1. The van der Waals surface area contributed by atoms with Crippen LogP contribution < -0.4 is 38.9 Å². The predicted octanol–water partition coefficient (Wildman–Crippen LogP) is 2.14. The smallest absolute Gasteiger partial charge is 0.260 e. The van der Waals surface area contributed by atoms with Crippen LogP contribution in [0.1, 0.15) is 56.7 Å². The van der Waals surface area contributed by atoms with Gasteiger partial charge in [0.25, 0.3) is 17.7 Å². The summed E-state index contributed by atoms with van der Waals surface area (Å²) in [5.41, 5.74) is 25.4. The normalized spacial score (nSPS) is 14.8. The van der Waals surface area contributed by atoms with Gasteiger partial charge < -0.3 is 43.9 Å². The lowest BCUT2D eigenvalue weighted by molar-refractivity contribution is -0.159. The molecule has 12 N–H and O–H groups in total. The number of imide groups is 3. The Morgan fingerprint density at radius 3 is 1.98 bits per heavy atom. The molecule has 0 saturated heterocycles. The van der Waals surface area contributed by atoms with Crippen molar-refractivity contribution in [1.29, 1.82) is 0 Å². The number of carbonyl (C=O) groups excluding carboxylic acids is 6. The minimum absolute atomic E-state index is 0.0269. The number of fused-ring (bicyclic) bond motifs is 2. The standard InChI is InChI=1S/C45H55N9O6/c1-27(47)39(55)51-29(3)40(56)52-37(25-32-26-50-36-21-10-9-19-34(32)36)41(57)53-38(24-30-14-5-4-6-15-30)43(59)54(42(58)28(2)48)44(60)45(49,22-11-12-23-46)35-20-13-17-31-16-7-8-18-33(31)35/h4-10,13-21,26-29,37-38,50H,11-12,22-25,46-49H2,1-3H3,(H,51,55)(H,52,56)(H,53,57)/t27-,28+,29-,37-,38-,45-/m0/s1. The third-order valence-electron chi connectivity index (χ3n) is 10.5. The molecule has 1 heterocycles. The Morgan fingerprint density at radius 1 is 0.667 bits per heavy atom. The summed E-state index contributed by atoms with van der Waals surface area (Å²) < 4.78 is 0. The van der Waals surface area contributed by atoms with Gasteiger partial charge in [0.05, 0.1) is 12.1 Å². The van der Waals surface area contributed by atoms with Gasteiger partial charge in [0.2, 0.25) is 17.7 Å². The second-order valence-electron chi connectivity index (χ2n) is 15.2. The van der Waals surface area contributed by atoms with Gasteiger partial charge >= 0.3 is 0 Å². The molecule has 15 heteroatoms. The number of nitrogens with two attached hydrogens (primary N) is 4. The molecule has 15 nitrogen and oxygen atoms in total. The van der Waals surface area contributed by atoms with Crippen LogP contribution in [-0.2, 0) is 47.1 Å². The van der Waals surface area contributed by atoms with Crippen molar-refractivity contribution in [2.45, 2.75) is 88.6 Å². The SMILES string of the molecule is C[C@H](N)C(=O)N[C@@H](C)C(=O)N[C@@H](Cc1c[nH]c2ccccc12)C(=O)N[C@@H](Cc1ccccc1)C(=O)N(C(=O)[C@@H](C)N)C(=O)[C@](N)(CCCCN)c1cccc2ccccc12. The van der Waals surface area contributed by atoms with E-state index in [1.165, 1.54) is 20.8 Å². The maximum atomic E-state index is 15.1. The number of nitrogens with zero attached hydrogens (tertiary/aromatic N) is 1. The molecule has 60 heavy (non-hydrogen) atoms. The Bertz CT molecular complexity index is 2320. The summed E-state index contributed by atoms with van der Waals surface area (Å²) in [4.78, 5) is 88.5. The summed E-state index contributed by atoms with van der Waals surface area (Å²) in [5, 5.41) is 10.3. The van der Waals surface area contributed by atoms with Gasteiger partial charge in [-0.25, -0.2) is 4.90 Å². The van der Waals surface area contributed by atoms with Crippen LogP contribution >= 0.6 is 0 Å². The van der Waals surface area contributed by atoms with Gasteiger partial charge in [0.15, 0.2) is 0 Å². The van der Waals surface area contributed by atoms with Crippen LogP contribution in [0.2, 0.25) is 0 Å². The lowest BCUT2D eigenvalue weighted by Gasteiger charge is -2.36. The monoisotopic (exact) mass is 817 g/mol. The minimum atomic E-state index is -1.91. The van der Waals surface area contributed by atoms with Crippen molar-refractivity contribution in [1.82, 2.24) is 25.8 Å². The van der Waals surface area contributed by atoms with Crippen LogP contribution in [0.3, 0.4) is 0 Å². The lowest BCUT2D eigenvalue weighted by Crippen LogP contribution is -2.64. The van der Waals surface area contributed by atoms with Gasteiger partial charge in [-0.2, -0.15) is 0 Å². The molecule has 0 bridgehead atoms. The van der Waals surface area contributed by atoms with E-state index in [1.807, 2.05) is 48.5 Å². The van der Waals surface area contributed by atoms with Crippen LogP contribution in [0.25, 0.3) is 21.7 Å². The van der Waals surface area contributed by atoms with Gasteiger partial charge in [0.1, 0.15) is 23.7 Å². The van der Waals surface area contributed by atoms with Crippen LogP contribution in [-0.4, -0.2) is 82.1 Å². The van der Waals surface area contributed by atoms with Crippen molar-refractivity contribution in [3.05, 3.63) is 120 Å². The van der Waals surface area contributed by atoms with Crippen molar-refractivity contribution in [3.63, 3.8) is 0 Å². The van der Waals surface area contributed by atoms with E-state index in [4.69, 9.17) is 22.9 Å². The van der Waals surface area contributed by atoms with Gasteiger partial charge in [-0.3, -0.25) is 28.8 Å². The number of carbonyl (C=O) groups is 6. The number of rotatable bonds is 18. The van der Waals surface area contributed by atoms with E-state index in [0.29, 0.717) is 46.4 Å². The zero-order valence-electron chi connectivity index (χ0n) is 34.2. The van der Waals surface area contributed by atoms with Crippen molar-refractivity contribution < 1.29 is 28.8 Å². The maximum Gasteiger partial charge on any atom is 0.260 e. The second kappa shape index (κ2) is 20.1. The largest absolute Gasteiger partial charge is 0.361 e. The molecule has 0 aliphatic rings. The molecule has 0 aliphatic carbocycles. The Hall–Kier alpha value is -6.26. The predicted molar refractivity (Wildman–Crippen MR) is 230 cm³/mol. The molecule has 0 radical (unpaired) electrons. The lowest BCUT2D eigenvalue weighted by atomic mass is 9.81. The summed E-state index contributed by atoms with van der Waals surface area (Å²) in [6.07, 6.45) is 2.44. The summed E-state index contributed by atoms with van der Waals surface area (Å²) in [5.74, 6) is -5.17. The molecule has 316 valence electrons. The number of unbranched alkanes of at least 4 members (excludes halogenated alkanes) is 1. The first-order chi connectivity index (χ1) is 28.7. The van der Waals surface area contributed by atoms with E-state index in [2.05, 4.69) is 20.9 Å². The molecule has 6 atom stereocenters. The molecule has 1 aromatic heterocycles. The average Bonchev–Trinajstić information content (AvgIpc) is 3.65. The van der Waals surface area contributed by atoms with E-state index >= 15 is 9.59 Å². The highest BCUT2D eigenvalue weighted by molar-refractivity contribution is 6.17. The molecule has 4 aromatic carbocycles. The number of hydrogen-bond donors (Lipinski definition) is 8. The van der Waals surface area contributed by atoms with Crippen molar-refractivity contribution in [3.8, 4) is 0 Å². The van der Waals surface area contributed by atoms with Crippen molar-refractivity contribution >= 4 is 57.1 Å². The van der Waals surface area contributed by atoms with Crippen molar-refractivity contribution in [2.24, 2.45) is 22.9 Å². The van der Waals surface area contributed by atoms with E-state index in [1.54, 1.807) is 54.7 Å². The Labute approximate surface area is 349 Å². The van der Waals surface area contributed by atoms with Crippen LogP contribution in [0, 0.1) is 0 Å². The molecule has 5 rings (SSSR count). The fourth-order valence-electron chi connectivity index (χ4n) is 7.15. The minimum Gasteiger partial charge on any atom is -0.361 e. The fraction of sp³-hybridized carbons (Fsp3) is 0.333.